The third kappa shape index (κ3) is 3.03. The van der Waals surface area contributed by atoms with E-state index in [0.717, 1.165) is 5.56 Å². The van der Waals surface area contributed by atoms with Gasteiger partial charge in [-0.3, -0.25) is 14.9 Å². The molecule has 0 unspecified atom stereocenters. The van der Waals surface area contributed by atoms with Gasteiger partial charge >= 0.3 is 0 Å². The van der Waals surface area contributed by atoms with Gasteiger partial charge in [0.2, 0.25) is 12.5 Å². The van der Waals surface area contributed by atoms with E-state index in [-0.39, 0.29) is 23.3 Å². The largest absolute Gasteiger partial charge is 0.338 e. The van der Waals surface area contributed by atoms with E-state index in [1.54, 1.807) is 4.90 Å². The van der Waals surface area contributed by atoms with Gasteiger partial charge in [0.25, 0.3) is 0 Å². The van der Waals surface area contributed by atoms with Gasteiger partial charge in [-0.05, 0) is 5.56 Å². The smallest absolute Gasteiger partial charge is 0.223 e. The van der Waals surface area contributed by atoms with Crippen molar-refractivity contribution in [2.75, 3.05) is 13.1 Å². The first kappa shape index (κ1) is 11.6. The second kappa shape index (κ2) is 4.95. The summed E-state index contributed by atoms with van der Waals surface area (Å²) in [6, 6.07) is 9.67. The molecule has 17 heavy (non-hydrogen) atoms. The number of likely N-dealkylation sites (tertiary alicyclic amines) is 1. The minimum Gasteiger partial charge on any atom is -0.338 e. The number of amides is 1. The SMILES string of the molecule is O=C1C[C@@H](C[N+](=O)[O-])CN1Cc1ccccc1. The van der Waals surface area contributed by atoms with Crippen molar-refractivity contribution in [3.05, 3.63) is 46.0 Å². The minimum atomic E-state index is -0.343. The van der Waals surface area contributed by atoms with Crippen LogP contribution in [0.15, 0.2) is 30.3 Å². The van der Waals surface area contributed by atoms with Gasteiger partial charge in [-0.1, -0.05) is 30.3 Å². The summed E-state index contributed by atoms with van der Waals surface area (Å²) in [5, 5.41) is 10.4. The van der Waals surface area contributed by atoms with Gasteiger partial charge in [-0.2, -0.15) is 0 Å². The summed E-state index contributed by atoms with van der Waals surface area (Å²) in [6.45, 7) is 0.930. The van der Waals surface area contributed by atoms with Crippen LogP contribution < -0.4 is 0 Å². The van der Waals surface area contributed by atoms with Crippen LogP contribution in [0.4, 0.5) is 0 Å². The van der Waals surface area contributed by atoms with Crippen LogP contribution in [0.5, 0.6) is 0 Å². The van der Waals surface area contributed by atoms with Crippen molar-refractivity contribution < 1.29 is 9.72 Å². The number of carbonyl (C=O) groups excluding carboxylic acids is 1. The Balaban J connectivity index is 1.95. The average molecular weight is 234 g/mol. The number of nitrogens with zero attached hydrogens (tertiary/aromatic N) is 2. The third-order valence-electron chi connectivity index (χ3n) is 2.92. The zero-order valence-corrected chi connectivity index (χ0v) is 9.41. The van der Waals surface area contributed by atoms with Crippen molar-refractivity contribution in [3.8, 4) is 0 Å². The van der Waals surface area contributed by atoms with Crippen LogP contribution in [0.25, 0.3) is 0 Å². The first-order chi connectivity index (χ1) is 8.15. The predicted molar refractivity (Wildman–Crippen MR) is 61.8 cm³/mol. The lowest BCUT2D eigenvalue weighted by atomic mass is 10.1. The summed E-state index contributed by atoms with van der Waals surface area (Å²) in [6.07, 6.45) is 0.299. The molecule has 1 aliphatic rings. The molecule has 0 saturated carbocycles. The van der Waals surface area contributed by atoms with Crippen LogP contribution in [0, 0.1) is 16.0 Å². The molecule has 0 N–H and O–H groups in total. The fourth-order valence-electron chi connectivity index (χ4n) is 2.14. The van der Waals surface area contributed by atoms with Crippen molar-refractivity contribution in [1.82, 2.24) is 4.90 Å². The lowest BCUT2D eigenvalue weighted by molar-refractivity contribution is -0.487. The number of hydrogen-bond donors (Lipinski definition) is 0. The first-order valence-corrected chi connectivity index (χ1v) is 5.58. The molecule has 1 fully saturated rings. The standard InChI is InChI=1S/C12H14N2O3/c15-12-6-11(9-14(16)17)8-13(12)7-10-4-2-1-3-5-10/h1-5,11H,6-9H2/t11-/m1/s1. The Morgan fingerprint density at radius 1 is 1.35 bits per heavy atom. The Bertz CT molecular complexity index is 419. The molecule has 0 radical (unpaired) electrons. The van der Waals surface area contributed by atoms with Crippen LogP contribution in [-0.4, -0.2) is 28.8 Å². The molecule has 1 atom stereocenters. The van der Waals surface area contributed by atoms with Gasteiger partial charge in [-0.25, -0.2) is 0 Å². The summed E-state index contributed by atoms with van der Waals surface area (Å²) in [5.74, 6) is -0.123. The van der Waals surface area contributed by atoms with E-state index in [0.29, 0.717) is 19.5 Å². The van der Waals surface area contributed by atoms with Crippen molar-refractivity contribution in [2.45, 2.75) is 13.0 Å². The van der Waals surface area contributed by atoms with E-state index in [9.17, 15) is 14.9 Å². The number of hydrogen-bond acceptors (Lipinski definition) is 3. The number of benzene rings is 1. The van der Waals surface area contributed by atoms with E-state index in [1.807, 2.05) is 30.3 Å². The lowest BCUT2D eigenvalue weighted by Crippen LogP contribution is -2.25. The highest BCUT2D eigenvalue weighted by molar-refractivity contribution is 5.78. The van der Waals surface area contributed by atoms with Gasteiger partial charge in [0, 0.05) is 24.4 Å². The Morgan fingerprint density at radius 2 is 2.06 bits per heavy atom. The monoisotopic (exact) mass is 234 g/mol. The highest BCUT2D eigenvalue weighted by atomic mass is 16.6. The average Bonchev–Trinajstić information content (AvgIpc) is 2.59. The molecule has 2 rings (SSSR count). The zero-order valence-electron chi connectivity index (χ0n) is 9.41. The van der Waals surface area contributed by atoms with Crippen LogP contribution >= 0.6 is 0 Å². The summed E-state index contributed by atoms with van der Waals surface area (Å²) >= 11 is 0. The predicted octanol–water partition coefficient (Wildman–Crippen LogP) is 1.31. The molecule has 0 spiro atoms. The number of nitro groups is 1. The van der Waals surface area contributed by atoms with Crippen LogP contribution in [0.1, 0.15) is 12.0 Å². The van der Waals surface area contributed by atoms with Crippen molar-refractivity contribution >= 4 is 5.91 Å². The maximum Gasteiger partial charge on any atom is 0.223 e. The van der Waals surface area contributed by atoms with Crippen LogP contribution in [-0.2, 0) is 11.3 Å². The maximum atomic E-state index is 11.7. The molecule has 1 aliphatic heterocycles. The number of rotatable bonds is 4. The first-order valence-electron chi connectivity index (χ1n) is 5.58. The topological polar surface area (TPSA) is 63.4 Å². The van der Waals surface area contributed by atoms with E-state index < -0.39 is 0 Å². The van der Waals surface area contributed by atoms with Crippen molar-refractivity contribution in [2.24, 2.45) is 5.92 Å². The fraction of sp³-hybridized carbons (Fsp3) is 0.417. The normalized spacial score (nSPS) is 19.6. The van der Waals surface area contributed by atoms with E-state index in [4.69, 9.17) is 0 Å². The van der Waals surface area contributed by atoms with E-state index in [1.165, 1.54) is 0 Å². The van der Waals surface area contributed by atoms with Crippen molar-refractivity contribution in [1.29, 1.82) is 0 Å². The Labute approximate surface area is 99.2 Å². The van der Waals surface area contributed by atoms with E-state index >= 15 is 0 Å². The fourth-order valence-corrected chi connectivity index (χ4v) is 2.14. The molecule has 5 heteroatoms. The van der Waals surface area contributed by atoms with Gasteiger partial charge in [0.05, 0.1) is 5.92 Å². The molecular formula is C12H14N2O3. The molecule has 1 aromatic rings. The lowest BCUT2D eigenvalue weighted by Gasteiger charge is -2.15. The molecule has 0 aromatic heterocycles. The Kier molecular flexibility index (Phi) is 3.37. The molecule has 0 aliphatic carbocycles. The summed E-state index contributed by atoms with van der Waals surface area (Å²) < 4.78 is 0. The molecule has 5 nitrogen and oxygen atoms in total. The molecule has 1 amide bonds. The maximum absolute atomic E-state index is 11.7. The summed E-state index contributed by atoms with van der Waals surface area (Å²) in [4.78, 5) is 23.4. The molecule has 1 heterocycles. The van der Waals surface area contributed by atoms with Gasteiger partial charge in [-0.15, -0.1) is 0 Å². The Morgan fingerprint density at radius 3 is 2.71 bits per heavy atom. The van der Waals surface area contributed by atoms with Gasteiger partial charge < -0.3 is 4.90 Å². The van der Waals surface area contributed by atoms with Crippen LogP contribution in [0.2, 0.25) is 0 Å². The minimum absolute atomic E-state index is 0.0145. The molecule has 1 saturated heterocycles. The Hall–Kier alpha value is -1.91. The number of carbonyl (C=O) groups is 1. The highest BCUT2D eigenvalue weighted by Gasteiger charge is 2.32. The second-order valence-electron chi connectivity index (χ2n) is 4.35. The molecule has 0 bridgehead atoms. The van der Waals surface area contributed by atoms with Gasteiger partial charge in [0.15, 0.2) is 0 Å². The van der Waals surface area contributed by atoms with Gasteiger partial charge in [0.1, 0.15) is 0 Å². The molecule has 90 valence electrons. The second-order valence-corrected chi connectivity index (χ2v) is 4.35. The van der Waals surface area contributed by atoms with Crippen molar-refractivity contribution in [3.63, 3.8) is 0 Å². The summed E-state index contributed by atoms with van der Waals surface area (Å²) in [7, 11) is 0. The quantitative estimate of drug-likeness (QED) is 0.583. The van der Waals surface area contributed by atoms with E-state index in [2.05, 4.69) is 0 Å². The molecular weight excluding hydrogens is 220 g/mol. The third-order valence-corrected chi connectivity index (χ3v) is 2.92. The molecule has 1 aromatic carbocycles. The summed E-state index contributed by atoms with van der Waals surface area (Å²) in [5.41, 5.74) is 1.06. The highest BCUT2D eigenvalue weighted by Crippen LogP contribution is 2.20. The zero-order chi connectivity index (χ0) is 12.3. The van der Waals surface area contributed by atoms with Crippen LogP contribution in [0.3, 0.4) is 0 Å².